The number of hydrogen-bond acceptors (Lipinski definition) is 3. The predicted molar refractivity (Wildman–Crippen MR) is 84.0 cm³/mol. The van der Waals surface area contributed by atoms with Crippen molar-refractivity contribution in [1.29, 1.82) is 0 Å². The first-order valence-corrected chi connectivity index (χ1v) is 7.27. The summed E-state index contributed by atoms with van der Waals surface area (Å²) in [6.45, 7) is 6.81. The van der Waals surface area contributed by atoms with Crippen LogP contribution in [0.3, 0.4) is 0 Å². The molecule has 0 spiro atoms. The summed E-state index contributed by atoms with van der Waals surface area (Å²) in [7, 11) is 0. The molecular formula is C18H21NO2. The molecule has 0 amide bonds. The molecule has 1 aromatic carbocycles. The lowest BCUT2D eigenvalue weighted by Crippen LogP contribution is -2.05. The molecule has 1 heterocycles. The van der Waals surface area contributed by atoms with Crippen LogP contribution >= 0.6 is 0 Å². The van der Waals surface area contributed by atoms with Gasteiger partial charge in [0.1, 0.15) is 5.75 Å². The highest BCUT2D eigenvalue weighted by Gasteiger charge is 2.09. The van der Waals surface area contributed by atoms with Gasteiger partial charge in [0.15, 0.2) is 5.78 Å². The summed E-state index contributed by atoms with van der Waals surface area (Å²) in [4.78, 5) is 16.4. The number of carbonyl (C=O) groups is 1. The van der Waals surface area contributed by atoms with Gasteiger partial charge in [-0.15, -0.1) is 0 Å². The van der Waals surface area contributed by atoms with Crippen LogP contribution in [0, 0.1) is 13.8 Å². The van der Waals surface area contributed by atoms with E-state index in [1.54, 1.807) is 18.5 Å². The highest BCUT2D eigenvalue weighted by Crippen LogP contribution is 2.16. The summed E-state index contributed by atoms with van der Waals surface area (Å²) < 4.78 is 5.52. The van der Waals surface area contributed by atoms with Crippen LogP contribution in [0.25, 0.3) is 0 Å². The first-order chi connectivity index (χ1) is 10.1. The zero-order chi connectivity index (χ0) is 15.2. The molecule has 3 nitrogen and oxygen atoms in total. The van der Waals surface area contributed by atoms with Crippen LogP contribution in [0.1, 0.15) is 40.4 Å². The fourth-order valence-electron chi connectivity index (χ4n) is 2.07. The van der Waals surface area contributed by atoms with E-state index in [9.17, 15) is 4.79 Å². The number of rotatable bonds is 6. The Bertz CT molecular complexity index is 635. The second-order valence-electron chi connectivity index (χ2n) is 5.28. The van der Waals surface area contributed by atoms with E-state index >= 15 is 0 Å². The average molecular weight is 283 g/mol. The van der Waals surface area contributed by atoms with Crippen LogP contribution in [-0.4, -0.2) is 17.4 Å². The molecule has 0 fully saturated rings. The smallest absolute Gasteiger partial charge is 0.168 e. The van der Waals surface area contributed by atoms with E-state index in [4.69, 9.17) is 4.74 Å². The van der Waals surface area contributed by atoms with Crippen LogP contribution < -0.4 is 4.74 Å². The molecule has 21 heavy (non-hydrogen) atoms. The molecule has 2 rings (SSSR count). The van der Waals surface area contributed by atoms with E-state index < -0.39 is 0 Å². The lowest BCUT2D eigenvalue weighted by molar-refractivity contribution is 0.0992. The van der Waals surface area contributed by atoms with Gasteiger partial charge in [0.25, 0.3) is 0 Å². The number of ketones is 1. The minimum absolute atomic E-state index is 0.0627. The summed E-state index contributed by atoms with van der Waals surface area (Å²) in [6.07, 6.45) is 4.56. The normalized spacial score (nSPS) is 10.4. The fraction of sp³-hybridized carbons (Fsp3) is 0.333. The van der Waals surface area contributed by atoms with Crippen molar-refractivity contribution in [3.63, 3.8) is 0 Å². The van der Waals surface area contributed by atoms with Crippen molar-refractivity contribution < 1.29 is 9.53 Å². The number of aryl methyl sites for hydroxylation is 2. The van der Waals surface area contributed by atoms with Gasteiger partial charge in [0, 0.05) is 18.2 Å². The van der Waals surface area contributed by atoms with E-state index in [1.165, 1.54) is 11.1 Å². The van der Waals surface area contributed by atoms with Crippen molar-refractivity contribution in [1.82, 2.24) is 4.98 Å². The Morgan fingerprint density at radius 1 is 1.14 bits per heavy atom. The minimum atomic E-state index is 0.0627. The van der Waals surface area contributed by atoms with Crippen molar-refractivity contribution >= 4 is 5.78 Å². The van der Waals surface area contributed by atoms with Crippen LogP contribution in [0.4, 0.5) is 0 Å². The van der Waals surface area contributed by atoms with Gasteiger partial charge >= 0.3 is 0 Å². The molecule has 0 unspecified atom stereocenters. The SMILES string of the molecule is CCCOc1cncc(C(=O)Cc2ccc(C)c(C)c2)c1. The Morgan fingerprint density at radius 3 is 2.67 bits per heavy atom. The topological polar surface area (TPSA) is 39.2 Å². The average Bonchev–Trinajstić information content (AvgIpc) is 2.49. The van der Waals surface area contributed by atoms with Gasteiger partial charge in [0.2, 0.25) is 0 Å². The Morgan fingerprint density at radius 2 is 1.95 bits per heavy atom. The lowest BCUT2D eigenvalue weighted by atomic mass is 10.0. The van der Waals surface area contributed by atoms with Crippen molar-refractivity contribution in [2.75, 3.05) is 6.61 Å². The third-order valence-corrected chi connectivity index (χ3v) is 3.44. The molecule has 110 valence electrons. The number of Topliss-reactive ketones (excluding diaryl/α,β-unsaturated/α-hetero) is 1. The molecule has 0 N–H and O–H groups in total. The zero-order valence-corrected chi connectivity index (χ0v) is 12.8. The van der Waals surface area contributed by atoms with Gasteiger partial charge in [-0.2, -0.15) is 0 Å². The van der Waals surface area contributed by atoms with Crippen molar-refractivity contribution in [3.05, 3.63) is 58.9 Å². The summed E-state index contributed by atoms with van der Waals surface area (Å²) in [5.74, 6) is 0.718. The second-order valence-corrected chi connectivity index (χ2v) is 5.28. The first kappa shape index (κ1) is 15.2. The standard InChI is InChI=1S/C18H21NO2/c1-4-7-21-17-10-16(11-19-12-17)18(20)9-15-6-5-13(2)14(3)8-15/h5-6,8,10-12H,4,7,9H2,1-3H3. The van der Waals surface area contributed by atoms with Gasteiger partial charge in [0.05, 0.1) is 12.8 Å². The third kappa shape index (κ3) is 4.15. The molecule has 1 aromatic heterocycles. The van der Waals surface area contributed by atoms with Gasteiger partial charge in [-0.3, -0.25) is 9.78 Å². The van der Waals surface area contributed by atoms with Crippen molar-refractivity contribution in [2.24, 2.45) is 0 Å². The first-order valence-electron chi connectivity index (χ1n) is 7.27. The molecule has 3 heteroatoms. The van der Waals surface area contributed by atoms with Gasteiger partial charge < -0.3 is 4.74 Å². The molecule has 0 aliphatic heterocycles. The number of pyridine rings is 1. The van der Waals surface area contributed by atoms with E-state index in [1.807, 2.05) is 13.0 Å². The number of nitrogens with zero attached hydrogens (tertiary/aromatic N) is 1. The van der Waals surface area contributed by atoms with Crippen molar-refractivity contribution in [2.45, 2.75) is 33.6 Å². The Balaban J connectivity index is 2.10. The summed E-state index contributed by atoms with van der Waals surface area (Å²) in [5.41, 5.74) is 4.08. The number of carbonyl (C=O) groups excluding carboxylic acids is 1. The maximum atomic E-state index is 12.3. The van der Waals surface area contributed by atoms with Gasteiger partial charge in [-0.1, -0.05) is 25.1 Å². The monoisotopic (exact) mass is 283 g/mol. The summed E-state index contributed by atoms with van der Waals surface area (Å²) >= 11 is 0. The molecule has 0 aliphatic rings. The maximum Gasteiger partial charge on any atom is 0.168 e. The van der Waals surface area contributed by atoms with Gasteiger partial charge in [-0.05, 0) is 43.0 Å². The lowest BCUT2D eigenvalue weighted by Gasteiger charge is -2.07. The molecule has 0 radical (unpaired) electrons. The molecule has 0 atom stereocenters. The molecule has 0 bridgehead atoms. The quantitative estimate of drug-likeness (QED) is 0.754. The van der Waals surface area contributed by atoms with Crippen molar-refractivity contribution in [3.8, 4) is 5.75 Å². The largest absolute Gasteiger partial charge is 0.492 e. The molecule has 0 aliphatic carbocycles. The zero-order valence-electron chi connectivity index (χ0n) is 12.8. The molecule has 0 saturated carbocycles. The minimum Gasteiger partial charge on any atom is -0.492 e. The fourth-order valence-corrected chi connectivity index (χ4v) is 2.07. The van der Waals surface area contributed by atoms with Crippen LogP contribution in [0.5, 0.6) is 5.75 Å². The molecule has 2 aromatic rings. The third-order valence-electron chi connectivity index (χ3n) is 3.44. The maximum absolute atomic E-state index is 12.3. The highest BCUT2D eigenvalue weighted by atomic mass is 16.5. The second kappa shape index (κ2) is 7.02. The summed E-state index contributed by atoms with van der Waals surface area (Å²) in [5, 5.41) is 0. The number of aromatic nitrogens is 1. The molecular weight excluding hydrogens is 262 g/mol. The van der Waals surface area contributed by atoms with E-state index in [0.717, 1.165) is 12.0 Å². The Hall–Kier alpha value is -2.16. The Labute approximate surface area is 126 Å². The number of hydrogen-bond donors (Lipinski definition) is 0. The van der Waals surface area contributed by atoms with Gasteiger partial charge in [-0.25, -0.2) is 0 Å². The summed E-state index contributed by atoms with van der Waals surface area (Å²) in [6, 6.07) is 7.90. The van der Waals surface area contributed by atoms with E-state index in [0.29, 0.717) is 24.3 Å². The van der Waals surface area contributed by atoms with Crippen LogP contribution in [0.2, 0.25) is 0 Å². The number of benzene rings is 1. The molecule has 0 saturated heterocycles. The highest BCUT2D eigenvalue weighted by molar-refractivity contribution is 5.97. The van der Waals surface area contributed by atoms with Crippen LogP contribution in [-0.2, 0) is 6.42 Å². The predicted octanol–water partition coefficient (Wildman–Crippen LogP) is 3.91. The van der Waals surface area contributed by atoms with E-state index in [-0.39, 0.29) is 5.78 Å². The Kier molecular flexibility index (Phi) is 5.09. The number of ether oxygens (including phenoxy) is 1. The van der Waals surface area contributed by atoms with E-state index in [2.05, 4.69) is 31.0 Å². The van der Waals surface area contributed by atoms with Crippen LogP contribution in [0.15, 0.2) is 36.7 Å².